The second-order valence-corrected chi connectivity index (χ2v) is 9.57. The van der Waals surface area contributed by atoms with Crippen LogP contribution < -0.4 is 16.0 Å². The van der Waals surface area contributed by atoms with Crippen molar-refractivity contribution in [3.63, 3.8) is 0 Å². The fourth-order valence-corrected chi connectivity index (χ4v) is 5.70. The van der Waals surface area contributed by atoms with Crippen LogP contribution in [-0.2, 0) is 16.0 Å². The number of benzene rings is 1. The van der Waals surface area contributed by atoms with Crippen LogP contribution in [0.25, 0.3) is 4.85 Å². The van der Waals surface area contributed by atoms with Crippen molar-refractivity contribution < 1.29 is 14.4 Å². The molecule has 36 heavy (non-hydrogen) atoms. The van der Waals surface area contributed by atoms with Gasteiger partial charge >= 0.3 is 6.03 Å². The molecule has 0 radical (unpaired) electrons. The van der Waals surface area contributed by atoms with Gasteiger partial charge in [0.2, 0.25) is 17.5 Å². The maximum Gasteiger partial charge on any atom is 0.324 e. The van der Waals surface area contributed by atoms with Gasteiger partial charge in [-0.3, -0.25) is 14.5 Å². The van der Waals surface area contributed by atoms with Gasteiger partial charge in [-0.2, -0.15) is 5.26 Å². The number of amides is 4. The number of aromatic nitrogens is 1. The van der Waals surface area contributed by atoms with Crippen LogP contribution in [0.5, 0.6) is 0 Å². The fourth-order valence-electron chi connectivity index (χ4n) is 4.64. The number of rotatable bonds is 7. The van der Waals surface area contributed by atoms with E-state index in [-0.39, 0.29) is 30.1 Å². The number of hydrogen-bond acceptors (Lipinski definition) is 7. The van der Waals surface area contributed by atoms with Crippen molar-refractivity contribution in [2.75, 3.05) is 24.5 Å². The molecule has 2 fully saturated rings. The number of carbonyl (C=O) groups is 3. The molecule has 184 valence electrons. The lowest BCUT2D eigenvalue weighted by Crippen LogP contribution is -2.48. The van der Waals surface area contributed by atoms with Gasteiger partial charge in [0.1, 0.15) is 22.2 Å². The molecular weight excluding hydrogens is 478 g/mol. The molecular formula is C25H25N7O3S. The number of nitrogens with two attached hydrogens (primary N) is 1. The monoisotopic (exact) mass is 503 g/mol. The molecule has 4 rings (SSSR count). The van der Waals surface area contributed by atoms with Crippen LogP contribution in [-0.4, -0.2) is 53.4 Å². The highest BCUT2D eigenvalue weighted by molar-refractivity contribution is 8.00. The number of nitrogens with one attached hydrogen (secondary N) is 1. The molecule has 0 aliphatic carbocycles. The van der Waals surface area contributed by atoms with Crippen LogP contribution in [0, 0.1) is 17.9 Å². The van der Waals surface area contributed by atoms with Crippen LogP contribution in [0.1, 0.15) is 41.7 Å². The standard InChI is InChI=1S/C25H25N7O3S/c1-3-17-18(13-26)24(36-21(22(27)34)15-7-5-4-6-8-15)30-23(20(17)28-2)31-11-9-16(10-12-31)32-19(33)14-29-25(32)35/h4-8,16,21H,3,9-12,14H2,1H3,(H2,27,34)(H,29,35). The fraction of sp³-hybridized carbons (Fsp3) is 0.360. The van der Waals surface area contributed by atoms with Gasteiger partial charge in [-0.1, -0.05) is 49.0 Å². The molecule has 1 atom stereocenters. The number of carbonyl (C=O) groups excluding carboxylic acids is 3. The molecule has 3 heterocycles. The summed E-state index contributed by atoms with van der Waals surface area (Å²) < 4.78 is 0. The minimum Gasteiger partial charge on any atom is -0.368 e. The molecule has 1 aromatic carbocycles. The van der Waals surface area contributed by atoms with Crippen LogP contribution in [0.3, 0.4) is 0 Å². The maximum absolute atomic E-state index is 12.4. The van der Waals surface area contributed by atoms with Gasteiger partial charge in [0.25, 0.3) is 0 Å². The molecule has 2 aliphatic rings. The maximum atomic E-state index is 12.4. The van der Waals surface area contributed by atoms with E-state index < -0.39 is 11.2 Å². The summed E-state index contributed by atoms with van der Waals surface area (Å²) in [6.45, 7) is 10.7. The van der Waals surface area contributed by atoms with E-state index in [0.29, 0.717) is 60.0 Å². The number of thioether (sulfide) groups is 1. The lowest BCUT2D eigenvalue weighted by atomic mass is 10.0. The van der Waals surface area contributed by atoms with Crippen LogP contribution in [0.2, 0.25) is 0 Å². The highest BCUT2D eigenvalue weighted by Crippen LogP contribution is 2.43. The predicted octanol–water partition coefficient (Wildman–Crippen LogP) is 2.91. The Morgan fingerprint density at radius 2 is 2.03 bits per heavy atom. The van der Waals surface area contributed by atoms with E-state index in [9.17, 15) is 19.6 Å². The predicted molar refractivity (Wildman–Crippen MR) is 134 cm³/mol. The third-order valence-electron chi connectivity index (χ3n) is 6.40. The van der Waals surface area contributed by atoms with Gasteiger partial charge in [0.05, 0.1) is 18.7 Å². The summed E-state index contributed by atoms with van der Waals surface area (Å²) >= 11 is 1.11. The van der Waals surface area contributed by atoms with E-state index in [1.807, 2.05) is 30.0 Å². The van der Waals surface area contributed by atoms with E-state index in [2.05, 4.69) is 16.2 Å². The topological polar surface area (TPSA) is 137 Å². The molecule has 1 aromatic heterocycles. The summed E-state index contributed by atoms with van der Waals surface area (Å²) in [4.78, 5) is 48.2. The number of piperidine rings is 1. The Morgan fingerprint density at radius 3 is 2.56 bits per heavy atom. The molecule has 0 spiro atoms. The Kier molecular flexibility index (Phi) is 7.41. The van der Waals surface area contributed by atoms with Crippen molar-refractivity contribution >= 4 is 41.1 Å². The van der Waals surface area contributed by atoms with E-state index in [1.165, 1.54) is 4.90 Å². The molecule has 2 saturated heterocycles. The second kappa shape index (κ2) is 10.7. The second-order valence-electron chi connectivity index (χ2n) is 8.47. The normalized spacial score (nSPS) is 16.9. The average molecular weight is 504 g/mol. The van der Waals surface area contributed by atoms with Crippen LogP contribution in [0.15, 0.2) is 35.4 Å². The van der Waals surface area contributed by atoms with Crippen LogP contribution in [0.4, 0.5) is 16.3 Å². The molecule has 2 aromatic rings. The molecule has 10 nitrogen and oxygen atoms in total. The Labute approximate surface area is 213 Å². The lowest BCUT2D eigenvalue weighted by Gasteiger charge is -2.36. The number of urea groups is 1. The zero-order valence-electron chi connectivity index (χ0n) is 19.7. The number of pyridine rings is 1. The summed E-state index contributed by atoms with van der Waals surface area (Å²) in [6, 6.07) is 10.6. The van der Waals surface area contributed by atoms with Gasteiger partial charge in [-0.15, -0.1) is 0 Å². The minimum atomic E-state index is -0.757. The highest BCUT2D eigenvalue weighted by Gasteiger charge is 2.37. The Morgan fingerprint density at radius 1 is 1.33 bits per heavy atom. The molecule has 4 amide bonds. The number of hydrogen-bond donors (Lipinski definition) is 2. The summed E-state index contributed by atoms with van der Waals surface area (Å²) in [6.07, 6.45) is 1.52. The van der Waals surface area contributed by atoms with Crippen molar-refractivity contribution in [2.24, 2.45) is 5.73 Å². The van der Waals surface area contributed by atoms with Gasteiger partial charge in [-0.25, -0.2) is 14.6 Å². The first-order valence-electron chi connectivity index (χ1n) is 11.6. The quantitative estimate of drug-likeness (QED) is 0.337. The van der Waals surface area contributed by atoms with Gasteiger partial charge in [0, 0.05) is 19.1 Å². The number of nitrogens with zero attached hydrogens (tertiary/aromatic N) is 5. The van der Waals surface area contributed by atoms with Gasteiger partial charge < -0.3 is 16.0 Å². The molecule has 3 N–H and O–H groups in total. The summed E-state index contributed by atoms with van der Waals surface area (Å²) in [5.74, 6) is -0.349. The zero-order valence-corrected chi connectivity index (χ0v) is 20.5. The van der Waals surface area contributed by atoms with Crippen molar-refractivity contribution in [2.45, 2.75) is 42.5 Å². The molecule has 0 bridgehead atoms. The van der Waals surface area contributed by atoms with Gasteiger partial charge in [-0.05, 0) is 30.4 Å². The smallest absolute Gasteiger partial charge is 0.324 e. The van der Waals surface area contributed by atoms with Crippen molar-refractivity contribution in [1.82, 2.24) is 15.2 Å². The molecule has 1 unspecified atom stereocenters. The first-order valence-corrected chi connectivity index (χ1v) is 12.5. The van der Waals surface area contributed by atoms with Crippen molar-refractivity contribution in [3.05, 3.63) is 58.4 Å². The summed E-state index contributed by atoms with van der Waals surface area (Å²) in [7, 11) is 0. The molecule has 0 saturated carbocycles. The number of nitriles is 1. The Hall–Kier alpha value is -4.09. The largest absolute Gasteiger partial charge is 0.368 e. The molecule has 2 aliphatic heterocycles. The zero-order chi connectivity index (χ0) is 25.8. The average Bonchev–Trinajstić information content (AvgIpc) is 3.24. The lowest BCUT2D eigenvalue weighted by molar-refractivity contribution is -0.126. The number of imide groups is 1. The Balaban J connectivity index is 1.69. The van der Waals surface area contributed by atoms with E-state index in [0.717, 1.165) is 11.8 Å². The first-order chi connectivity index (χ1) is 17.4. The summed E-state index contributed by atoms with van der Waals surface area (Å²) in [5, 5.41) is 12.1. The number of anilines is 1. The third-order valence-corrected chi connectivity index (χ3v) is 7.65. The van der Waals surface area contributed by atoms with E-state index in [1.54, 1.807) is 12.1 Å². The molecule has 11 heteroatoms. The highest BCUT2D eigenvalue weighted by atomic mass is 32.2. The van der Waals surface area contributed by atoms with Crippen molar-refractivity contribution in [1.29, 1.82) is 5.26 Å². The first kappa shape index (κ1) is 25.0. The minimum absolute atomic E-state index is 0.0149. The van der Waals surface area contributed by atoms with E-state index >= 15 is 0 Å². The van der Waals surface area contributed by atoms with Gasteiger partial charge in [0.15, 0.2) is 0 Å². The van der Waals surface area contributed by atoms with E-state index in [4.69, 9.17) is 17.3 Å². The Bertz CT molecular complexity index is 1260. The van der Waals surface area contributed by atoms with Crippen LogP contribution >= 0.6 is 11.8 Å². The number of primary amides is 1. The SMILES string of the molecule is [C-]#[N+]c1c(N2CCC(N3C(=O)CNC3=O)CC2)nc(SC(C(N)=O)c2ccccc2)c(C#N)c1CC. The summed E-state index contributed by atoms with van der Waals surface area (Å²) in [5.41, 5.74) is 7.57. The van der Waals surface area contributed by atoms with Crippen molar-refractivity contribution in [3.8, 4) is 6.07 Å². The third kappa shape index (κ3) is 4.70.